The third-order valence-corrected chi connectivity index (χ3v) is 12.4. The Balaban J connectivity index is 0.000000248. The van der Waals surface area contributed by atoms with Gasteiger partial charge in [-0.05, 0) is 115 Å². The molecule has 0 radical (unpaired) electrons. The van der Waals surface area contributed by atoms with Crippen molar-refractivity contribution in [3.05, 3.63) is 107 Å². The maximum atomic E-state index is 13.2. The molecule has 0 amide bonds. The lowest BCUT2D eigenvalue weighted by Gasteiger charge is -2.23. The van der Waals surface area contributed by atoms with Crippen LogP contribution in [0.2, 0.25) is 0 Å². The summed E-state index contributed by atoms with van der Waals surface area (Å²) in [6.07, 6.45) is 17.4. The number of fused-ring (bicyclic) bond motifs is 4. The smallest absolute Gasteiger partial charge is 0.339 e. The Hall–Kier alpha value is -4.56. The van der Waals surface area contributed by atoms with Crippen LogP contribution in [0.5, 0.6) is 11.5 Å². The van der Waals surface area contributed by atoms with Gasteiger partial charge in [-0.2, -0.15) is 0 Å². The minimum Gasteiger partial charge on any atom is -0.491 e. The first-order valence-corrected chi connectivity index (χ1v) is 23.4. The molecule has 66 heavy (non-hydrogen) atoms. The average Bonchev–Trinajstić information content (AvgIpc) is 3.74. The van der Waals surface area contributed by atoms with Crippen LogP contribution in [0, 0.1) is 37.5 Å². The highest BCUT2D eigenvalue weighted by Gasteiger charge is 2.44. The van der Waals surface area contributed by atoms with E-state index in [1.54, 1.807) is 18.2 Å². The zero-order valence-electron chi connectivity index (χ0n) is 41.1. The molecule has 6 rings (SSSR count). The standard InChI is InChI=1S/C27H38O7.C27H36O5/c1-16-10-11-17(2)25-23(33-27(5,6)34-25)9-7-8-20-13-22(31-15-21(29)14-28)12-18(3)24(20)26(30)32-19(16)4;1-8-14-29-22-15-19(4)24-21(16-22)10-9-11-23-25(32-27(6,7)31-23)18(3)13-12-17(2)20(5)30-26(24)28/h7-8,10-13,16-17,19,21,23,25,28-29H,9,14-15H2,1-6H3;8-10,12-13,15-18,20,23,25H,1,11,14H2,2-7H3/b8-7+,11-10-;10-9+,13-12-/t16-,17?,19?,21?,23?,25?;17-,18?,20?,23?,25?/m11/s1. The highest BCUT2D eigenvalue weighted by Crippen LogP contribution is 2.37. The number of aliphatic hydroxyl groups excluding tert-OH is 2. The van der Waals surface area contributed by atoms with Gasteiger partial charge in [0, 0.05) is 23.7 Å². The van der Waals surface area contributed by atoms with Gasteiger partial charge in [-0.1, -0.05) is 89.0 Å². The van der Waals surface area contributed by atoms with Gasteiger partial charge in [-0.3, -0.25) is 0 Å². The van der Waals surface area contributed by atoms with Gasteiger partial charge in [0.05, 0.1) is 42.1 Å². The van der Waals surface area contributed by atoms with Gasteiger partial charge < -0.3 is 48.1 Å². The molecule has 2 N–H and O–H groups in total. The highest BCUT2D eigenvalue weighted by atomic mass is 16.8. The molecule has 12 nitrogen and oxygen atoms in total. The van der Waals surface area contributed by atoms with Crippen LogP contribution < -0.4 is 9.47 Å². The van der Waals surface area contributed by atoms with Gasteiger partial charge >= 0.3 is 11.9 Å². The number of carbonyl (C=O) groups excluding carboxylic acids is 2. The molecule has 9 unspecified atom stereocenters. The van der Waals surface area contributed by atoms with Crippen LogP contribution >= 0.6 is 0 Å². The summed E-state index contributed by atoms with van der Waals surface area (Å²) in [6, 6.07) is 7.23. The van der Waals surface area contributed by atoms with E-state index < -0.39 is 23.6 Å². The summed E-state index contributed by atoms with van der Waals surface area (Å²) in [7, 11) is 0. The summed E-state index contributed by atoms with van der Waals surface area (Å²) >= 11 is 0. The molecule has 0 spiro atoms. The fraction of sp³-hybridized carbons (Fsp3) is 0.556. The van der Waals surface area contributed by atoms with E-state index >= 15 is 0 Å². The van der Waals surface area contributed by atoms with Crippen molar-refractivity contribution in [1.29, 1.82) is 0 Å². The summed E-state index contributed by atoms with van der Waals surface area (Å²) in [4.78, 5) is 26.3. The highest BCUT2D eigenvalue weighted by molar-refractivity contribution is 5.96. The monoisotopic (exact) mass is 915 g/mol. The molecule has 0 aromatic heterocycles. The molecule has 12 heteroatoms. The van der Waals surface area contributed by atoms with E-state index in [2.05, 4.69) is 51.7 Å². The lowest BCUT2D eigenvalue weighted by atomic mass is 9.94. The zero-order valence-corrected chi connectivity index (χ0v) is 41.1. The third-order valence-electron chi connectivity index (χ3n) is 12.4. The molecule has 0 bridgehead atoms. The second kappa shape index (κ2) is 23.0. The molecule has 4 aliphatic heterocycles. The van der Waals surface area contributed by atoms with Crippen LogP contribution in [0.3, 0.4) is 0 Å². The largest absolute Gasteiger partial charge is 0.491 e. The summed E-state index contributed by atoms with van der Waals surface area (Å²) in [6.45, 7) is 27.3. The predicted molar refractivity (Wildman–Crippen MR) is 256 cm³/mol. The van der Waals surface area contributed by atoms with Crippen LogP contribution in [0.4, 0.5) is 0 Å². The lowest BCUT2D eigenvalue weighted by molar-refractivity contribution is -0.148. The number of hydrogen-bond donors (Lipinski definition) is 2. The van der Waals surface area contributed by atoms with Crippen molar-refractivity contribution in [2.75, 3.05) is 19.8 Å². The fourth-order valence-electron chi connectivity index (χ4n) is 8.49. The number of esters is 2. The van der Waals surface area contributed by atoms with Crippen molar-refractivity contribution >= 4 is 24.1 Å². The molecular formula is C54H74O12. The molecule has 2 fully saturated rings. The Morgan fingerprint density at radius 1 is 0.667 bits per heavy atom. The Kier molecular flexibility index (Phi) is 18.2. The number of hydrogen-bond acceptors (Lipinski definition) is 12. The lowest BCUT2D eigenvalue weighted by Crippen LogP contribution is -2.29. The molecule has 0 aliphatic carbocycles. The Morgan fingerprint density at radius 3 is 1.48 bits per heavy atom. The van der Waals surface area contributed by atoms with Crippen molar-refractivity contribution in [3.63, 3.8) is 0 Å². The first kappa shape index (κ1) is 52.4. The SMILES string of the molecule is C=CCOc1cc(C)c2c(c1)/C=C/CC1OC(C)(C)OC1C(C)/C=C\[C@@H](C)C(C)OC2=O.Cc1cc(OCC(O)CO)cc2c1C(=O)OC(C)[C@H](C)/C=C\C(C)C1OC(C)(C)OC1C/C=C/2. The van der Waals surface area contributed by atoms with Gasteiger partial charge in [0.15, 0.2) is 11.6 Å². The van der Waals surface area contributed by atoms with Crippen LogP contribution in [-0.4, -0.2) is 96.3 Å². The second-order valence-corrected chi connectivity index (χ2v) is 19.1. The number of benzene rings is 2. The Bertz CT molecular complexity index is 2110. The van der Waals surface area contributed by atoms with E-state index in [0.717, 1.165) is 11.1 Å². The summed E-state index contributed by atoms with van der Waals surface area (Å²) in [5.74, 6) is -0.448. The van der Waals surface area contributed by atoms with Crippen LogP contribution in [0.15, 0.2) is 73.4 Å². The first-order valence-electron chi connectivity index (χ1n) is 23.4. The van der Waals surface area contributed by atoms with Crippen molar-refractivity contribution in [2.24, 2.45) is 23.7 Å². The molecule has 2 aromatic rings. The normalized spacial score (nSPS) is 32.0. The number of carbonyl (C=O) groups is 2. The van der Waals surface area contributed by atoms with Gasteiger partial charge in [-0.25, -0.2) is 9.59 Å². The molecule has 11 atom stereocenters. The fourth-order valence-corrected chi connectivity index (χ4v) is 8.49. The molecule has 4 heterocycles. The molecule has 4 aliphatic rings. The number of aryl methyl sites for hydroxylation is 2. The van der Waals surface area contributed by atoms with E-state index in [4.69, 9.17) is 43.0 Å². The Labute approximate surface area is 392 Å². The van der Waals surface area contributed by atoms with E-state index in [0.29, 0.717) is 53.2 Å². The molecular weight excluding hydrogens is 841 g/mol. The van der Waals surface area contributed by atoms with Crippen molar-refractivity contribution < 1.29 is 57.7 Å². The average molecular weight is 915 g/mol. The van der Waals surface area contributed by atoms with Crippen molar-refractivity contribution in [1.82, 2.24) is 0 Å². The first-order chi connectivity index (χ1) is 31.1. The predicted octanol–water partition coefficient (Wildman–Crippen LogP) is 9.91. The van der Waals surface area contributed by atoms with Gasteiger partial charge in [0.2, 0.25) is 0 Å². The number of aliphatic hydroxyl groups is 2. The van der Waals surface area contributed by atoms with E-state index in [9.17, 15) is 14.7 Å². The zero-order chi connectivity index (χ0) is 48.5. The molecule has 2 aromatic carbocycles. The van der Waals surface area contributed by atoms with Gasteiger partial charge in [-0.15, -0.1) is 0 Å². The number of cyclic esters (lactones) is 2. The second-order valence-electron chi connectivity index (χ2n) is 19.1. The van der Waals surface area contributed by atoms with Crippen LogP contribution in [-0.2, 0) is 28.4 Å². The van der Waals surface area contributed by atoms with E-state index in [1.807, 2.05) is 98.8 Å². The maximum absolute atomic E-state index is 13.2. The minimum absolute atomic E-state index is 0.0185. The summed E-state index contributed by atoms with van der Waals surface area (Å²) < 4.78 is 47.9. The molecule has 362 valence electrons. The quantitative estimate of drug-likeness (QED) is 0.201. The van der Waals surface area contributed by atoms with Gasteiger partial charge in [0.1, 0.15) is 43.0 Å². The molecule has 0 saturated carbocycles. The van der Waals surface area contributed by atoms with Crippen LogP contribution in [0.25, 0.3) is 12.2 Å². The number of ether oxygens (including phenoxy) is 8. The van der Waals surface area contributed by atoms with Crippen LogP contribution in [0.1, 0.15) is 125 Å². The topological polar surface area (TPSA) is 148 Å². The van der Waals surface area contributed by atoms with Crippen molar-refractivity contribution in [3.8, 4) is 11.5 Å². The number of rotatable bonds is 7. The maximum Gasteiger partial charge on any atom is 0.339 e. The summed E-state index contributed by atoms with van der Waals surface area (Å²) in [5.41, 5.74) is 3.97. The summed E-state index contributed by atoms with van der Waals surface area (Å²) in [5, 5.41) is 18.7. The minimum atomic E-state index is -0.980. The molecule has 2 saturated heterocycles. The van der Waals surface area contributed by atoms with E-state index in [-0.39, 0.29) is 79.5 Å². The van der Waals surface area contributed by atoms with E-state index in [1.165, 1.54) is 0 Å². The van der Waals surface area contributed by atoms with Gasteiger partial charge in [0.25, 0.3) is 0 Å². The Morgan fingerprint density at radius 2 is 1.08 bits per heavy atom. The third kappa shape index (κ3) is 14.0. The van der Waals surface area contributed by atoms with Crippen molar-refractivity contribution in [2.45, 2.75) is 150 Å².